The van der Waals surface area contributed by atoms with E-state index in [1.54, 1.807) is 0 Å². The summed E-state index contributed by atoms with van der Waals surface area (Å²) in [6.45, 7) is 0. The molecule has 0 spiro atoms. The minimum absolute atomic E-state index is 0. The fourth-order valence-corrected chi connectivity index (χ4v) is 10.1. The molecule has 4 aromatic carbocycles. The van der Waals surface area contributed by atoms with Crippen molar-refractivity contribution in [1.29, 1.82) is 0 Å². The molecule has 1 radical (unpaired) electrons. The van der Waals surface area contributed by atoms with Gasteiger partial charge in [-0.1, -0.05) is 165 Å². The van der Waals surface area contributed by atoms with E-state index in [0.717, 1.165) is 43.2 Å². The van der Waals surface area contributed by atoms with Crippen LogP contribution in [0.2, 0.25) is 0 Å². The molecule has 2 aliphatic heterocycles. The van der Waals surface area contributed by atoms with Crippen molar-refractivity contribution in [2.75, 3.05) is 0 Å². The van der Waals surface area contributed by atoms with Gasteiger partial charge in [0.05, 0.1) is 22.4 Å². The zero-order valence-electron chi connectivity index (χ0n) is 21.3. The number of carboxylic acids is 2. The first-order valence-corrected chi connectivity index (χ1v) is 16.8. The molecule has 41 heavy (non-hydrogen) atoms. The van der Waals surface area contributed by atoms with Crippen molar-refractivity contribution in [3.8, 4) is 0 Å². The van der Waals surface area contributed by atoms with Crippen LogP contribution < -0.4 is 10.2 Å². The molecule has 0 aliphatic carbocycles. The topological polar surface area (TPSA) is 80.3 Å². The van der Waals surface area contributed by atoms with Crippen LogP contribution in [-0.4, -0.2) is 22.4 Å². The van der Waals surface area contributed by atoms with E-state index in [1.807, 2.05) is 121 Å². The SMILES string of the molecule is O=C([O-])C1SSC(c2ccccc2)=C1c1ccccc1.O=C([O-])C1SSC(c2ccccc2)=C1c1ccccc1.[Mn+2]. The van der Waals surface area contributed by atoms with Gasteiger partial charge in [-0.2, -0.15) is 0 Å². The van der Waals surface area contributed by atoms with Gasteiger partial charge in [0, 0.05) is 9.81 Å². The number of aliphatic carboxylic acids is 2. The maximum atomic E-state index is 11.4. The number of hydrogen-bond donors (Lipinski definition) is 0. The molecule has 6 rings (SSSR count). The summed E-state index contributed by atoms with van der Waals surface area (Å²) < 4.78 is 0. The molecule has 0 saturated carbocycles. The van der Waals surface area contributed by atoms with Crippen LogP contribution >= 0.6 is 43.2 Å². The summed E-state index contributed by atoms with van der Waals surface area (Å²) >= 11 is 0. The van der Waals surface area contributed by atoms with Crippen molar-refractivity contribution >= 4 is 76.1 Å². The van der Waals surface area contributed by atoms with E-state index in [1.165, 1.54) is 43.2 Å². The minimum atomic E-state index is -1.03. The minimum Gasteiger partial charge on any atom is -0.549 e. The molecule has 0 bridgehead atoms. The van der Waals surface area contributed by atoms with E-state index in [4.69, 9.17) is 0 Å². The third-order valence-corrected chi connectivity index (χ3v) is 11.5. The molecular weight excluding hydrogens is 632 g/mol. The average Bonchev–Trinajstić information content (AvgIpc) is 3.65. The number of carboxylic acid groups (broad SMARTS) is 2. The van der Waals surface area contributed by atoms with Crippen LogP contribution in [0.5, 0.6) is 0 Å². The second-order valence-electron chi connectivity index (χ2n) is 8.71. The normalized spacial score (nSPS) is 17.9. The van der Waals surface area contributed by atoms with Gasteiger partial charge in [-0.25, -0.2) is 0 Å². The first kappa shape index (κ1) is 31.2. The Hall–Kier alpha value is -2.78. The molecule has 4 nitrogen and oxygen atoms in total. The van der Waals surface area contributed by atoms with E-state index in [2.05, 4.69) is 0 Å². The number of hydrogen-bond acceptors (Lipinski definition) is 8. The first-order chi connectivity index (χ1) is 19.5. The van der Waals surface area contributed by atoms with Crippen molar-refractivity contribution in [1.82, 2.24) is 0 Å². The summed E-state index contributed by atoms with van der Waals surface area (Å²) in [5, 5.41) is 21.5. The predicted molar refractivity (Wildman–Crippen MR) is 167 cm³/mol. The van der Waals surface area contributed by atoms with E-state index in [0.29, 0.717) is 0 Å². The van der Waals surface area contributed by atoms with Crippen LogP contribution in [0.1, 0.15) is 22.3 Å². The van der Waals surface area contributed by atoms with Gasteiger partial charge >= 0.3 is 17.1 Å². The third kappa shape index (κ3) is 7.36. The third-order valence-electron chi connectivity index (χ3n) is 6.14. The van der Waals surface area contributed by atoms with Gasteiger partial charge in [0.25, 0.3) is 0 Å². The van der Waals surface area contributed by atoms with Crippen molar-refractivity contribution < 1.29 is 36.9 Å². The monoisotopic (exact) mass is 653 g/mol. The molecule has 205 valence electrons. The van der Waals surface area contributed by atoms with Crippen molar-refractivity contribution in [2.45, 2.75) is 10.5 Å². The van der Waals surface area contributed by atoms with E-state index in [9.17, 15) is 19.8 Å². The van der Waals surface area contributed by atoms with Crippen LogP contribution in [-0.2, 0) is 26.7 Å². The second kappa shape index (κ2) is 14.9. The van der Waals surface area contributed by atoms with Gasteiger partial charge in [0.15, 0.2) is 0 Å². The molecule has 2 unspecified atom stereocenters. The van der Waals surface area contributed by atoms with Gasteiger partial charge in [-0.05, 0) is 33.4 Å². The molecule has 0 amide bonds. The Morgan fingerprint density at radius 3 is 1.00 bits per heavy atom. The Labute approximate surface area is 265 Å². The quantitative estimate of drug-likeness (QED) is 0.182. The van der Waals surface area contributed by atoms with Crippen LogP contribution in [0.15, 0.2) is 121 Å². The van der Waals surface area contributed by atoms with Gasteiger partial charge < -0.3 is 19.8 Å². The van der Waals surface area contributed by atoms with Crippen molar-refractivity contribution in [3.05, 3.63) is 144 Å². The molecule has 2 heterocycles. The maximum absolute atomic E-state index is 11.4. The van der Waals surface area contributed by atoms with Crippen molar-refractivity contribution in [3.63, 3.8) is 0 Å². The number of carbonyl (C=O) groups is 2. The number of rotatable bonds is 6. The van der Waals surface area contributed by atoms with E-state index < -0.39 is 22.4 Å². The Balaban J connectivity index is 0.000000184. The molecule has 0 saturated heterocycles. The zero-order valence-corrected chi connectivity index (χ0v) is 25.8. The zero-order chi connectivity index (χ0) is 27.9. The summed E-state index contributed by atoms with van der Waals surface area (Å²) in [5.41, 5.74) is 5.66. The number of carbonyl (C=O) groups excluding carboxylic acids is 2. The summed E-state index contributed by atoms with van der Waals surface area (Å²) in [4.78, 5) is 24.8. The van der Waals surface area contributed by atoms with Crippen LogP contribution in [0.3, 0.4) is 0 Å². The van der Waals surface area contributed by atoms with E-state index in [-0.39, 0.29) is 17.1 Å². The van der Waals surface area contributed by atoms with Gasteiger partial charge in [0.2, 0.25) is 0 Å². The summed E-state index contributed by atoms with van der Waals surface area (Å²) in [6.07, 6.45) is 0. The fourth-order valence-electron chi connectivity index (χ4n) is 4.32. The van der Waals surface area contributed by atoms with Gasteiger partial charge in [-0.3, -0.25) is 0 Å². The second-order valence-corrected chi connectivity index (χ2v) is 13.3. The Morgan fingerprint density at radius 1 is 0.463 bits per heavy atom. The van der Waals surface area contributed by atoms with Gasteiger partial charge in [0.1, 0.15) is 0 Å². The maximum Gasteiger partial charge on any atom is 2.00 e. The molecule has 2 aliphatic rings. The van der Waals surface area contributed by atoms with E-state index >= 15 is 0 Å². The Bertz CT molecular complexity index is 1430. The van der Waals surface area contributed by atoms with Crippen LogP contribution in [0, 0.1) is 0 Å². The molecule has 4 aromatic rings. The average molecular weight is 654 g/mol. The Morgan fingerprint density at radius 2 is 0.732 bits per heavy atom. The molecule has 0 fully saturated rings. The summed E-state index contributed by atoms with van der Waals surface area (Å²) in [5.74, 6) is -2.07. The molecule has 2 atom stereocenters. The standard InChI is InChI=1S/2C16H12O2S2.Mn/c2*17-16(18)15-13(11-7-3-1-4-8-11)14(19-20-15)12-9-5-2-6-10-12;/h2*1-10,15H,(H,17,18);/q;;+2/p-2. The summed E-state index contributed by atoms with van der Waals surface area (Å²) in [6, 6.07) is 39.1. The fraction of sp³-hybridized carbons (Fsp3) is 0.0625. The predicted octanol–water partition coefficient (Wildman–Crippen LogP) is 6.13. The first-order valence-electron chi connectivity index (χ1n) is 12.3. The molecule has 9 heteroatoms. The van der Waals surface area contributed by atoms with Crippen molar-refractivity contribution in [2.24, 2.45) is 0 Å². The van der Waals surface area contributed by atoms with Gasteiger partial charge in [-0.15, -0.1) is 0 Å². The summed E-state index contributed by atoms with van der Waals surface area (Å²) in [7, 11) is 5.69. The Kier molecular flexibility index (Phi) is 11.3. The molecule has 0 aromatic heterocycles. The smallest absolute Gasteiger partial charge is 0.549 e. The largest absolute Gasteiger partial charge is 2.00 e. The molecule has 0 N–H and O–H groups in total. The van der Waals surface area contributed by atoms with Crippen LogP contribution in [0.4, 0.5) is 0 Å². The van der Waals surface area contributed by atoms with Crippen LogP contribution in [0.25, 0.3) is 21.0 Å². The molecular formula is C32H22MnO4S4. The number of benzene rings is 4.